The van der Waals surface area contributed by atoms with Gasteiger partial charge in [-0.2, -0.15) is 0 Å². The van der Waals surface area contributed by atoms with Gasteiger partial charge in [-0.1, -0.05) is 20.8 Å². The van der Waals surface area contributed by atoms with Gasteiger partial charge in [0.25, 0.3) is 0 Å². The predicted molar refractivity (Wildman–Crippen MR) is 52.9 cm³/mol. The summed E-state index contributed by atoms with van der Waals surface area (Å²) in [6.45, 7) is 8.81. The van der Waals surface area contributed by atoms with Crippen LogP contribution in [0.5, 0.6) is 0 Å². The summed E-state index contributed by atoms with van der Waals surface area (Å²) in [6, 6.07) is 0.159. The zero-order chi connectivity index (χ0) is 9.78. The van der Waals surface area contributed by atoms with Gasteiger partial charge in [-0.25, -0.2) is 0 Å². The standard InChI is InChI=1S/C10H23NO/c1-8(2)7-10(4,5-6-12)9(3)11/h8-9,12H,5-7,11H2,1-4H3. The molecule has 0 aliphatic heterocycles. The zero-order valence-corrected chi connectivity index (χ0v) is 8.80. The highest BCUT2D eigenvalue weighted by Gasteiger charge is 2.28. The molecule has 0 aromatic heterocycles. The molecule has 0 fully saturated rings. The summed E-state index contributed by atoms with van der Waals surface area (Å²) >= 11 is 0. The zero-order valence-electron chi connectivity index (χ0n) is 8.80. The van der Waals surface area contributed by atoms with Gasteiger partial charge in [-0.05, 0) is 31.1 Å². The highest BCUT2D eigenvalue weighted by Crippen LogP contribution is 2.32. The molecule has 0 amide bonds. The first kappa shape index (κ1) is 11.9. The van der Waals surface area contributed by atoms with E-state index in [2.05, 4.69) is 20.8 Å². The molecule has 0 rings (SSSR count). The smallest absolute Gasteiger partial charge is 0.0436 e. The third kappa shape index (κ3) is 3.55. The van der Waals surface area contributed by atoms with E-state index in [0.717, 1.165) is 12.8 Å². The van der Waals surface area contributed by atoms with Gasteiger partial charge in [-0.15, -0.1) is 0 Å². The lowest BCUT2D eigenvalue weighted by molar-refractivity contribution is 0.145. The Morgan fingerprint density at radius 1 is 1.33 bits per heavy atom. The first-order valence-corrected chi connectivity index (χ1v) is 4.79. The maximum Gasteiger partial charge on any atom is 0.0436 e. The molecule has 0 saturated heterocycles. The van der Waals surface area contributed by atoms with Gasteiger partial charge >= 0.3 is 0 Å². The van der Waals surface area contributed by atoms with Gasteiger partial charge in [0.15, 0.2) is 0 Å². The Balaban J connectivity index is 4.18. The van der Waals surface area contributed by atoms with Crippen molar-refractivity contribution < 1.29 is 5.11 Å². The van der Waals surface area contributed by atoms with Crippen LogP contribution < -0.4 is 5.73 Å². The molecule has 0 spiro atoms. The molecule has 12 heavy (non-hydrogen) atoms. The summed E-state index contributed by atoms with van der Waals surface area (Å²) in [5.41, 5.74) is 5.99. The molecule has 74 valence electrons. The van der Waals surface area contributed by atoms with Crippen LogP contribution >= 0.6 is 0 Å². The fourth-order valence-corrected chi connectivity index (χ4v) is 1.70. The van der Waals surface area contributed by atoms with E-state index in [9.17, 15) is 0 Å². The molecular formula is C10H23NO. The molecule has 2 heteroatoms. The maximum atomic E-state index is 8.91. The second kappa shape index (κ2) is 4.83. The van der Waals surface area contributed by atoms with Crippen LogP contribution in [0.15, 0.2) is 0 Å². The van der Waals surface area contributed by atoms with Crippen LogP contribution in [0.25, 0.3) is 0 Å². The van der Waals surface area contributed by atoms with Crippen molar-refractivity contribution in [2.24, 2.45) is 17.1 Å². The van der Waals surface area contributed by atoms with Crippen LogP contribution in [-0.4, -0.2) is 17.8 Å². The summed E-state index contributed by atoms with van der Waals surface area (Å²) in [4.78, 5) is 0. The van der Waals surface area contributed by atoms with Crippen molar-refractivity contribution in [3.63, 3.8) is 0 Å². The molecule has 0 bridgehead atoms. The average molecular weight is 173 g/mol. The van der Waals surface area contributed by atoms with Crippen molar-refractivity contribution in [1.82, 2.24) is 0 Å². The molecule has 0 aliphatic carbocycles. The van der Waals surface area contributed by atoms with Crippen LogP contribution in [0.4, 0.5) is 0 Å². The molecule has 0 saturated carbocycles. The molecule has 3 N–H and O–H groups in total. The van der Waals surface area contributed by atoms with E-state index in [1.165, 1.54) is 0 Å². The Hall–Kier alpha value is -0.0800. The molecule has 0 aliphatic rings. The molecule has 2 atom stereocenters. The summed E-state index contributed by atoms with van der Waals surface area (Å²) in [5.74, 6) is 0.646. The summed E-state index contributed by atoms with van der Waals surface area (Å²) in [7, 11) is 0. The molecule has 0 aromatic rings. The lowest BCUT2D eigenvalue weighted by atomic mass is 9.74. The molecular weight excluding hydrogens is 150 g/mol. The summed E-state index contributed by atoms with van der Waals surface area (Å²) in [6.07, 6.45) is 1.90. The van der Waals surface area contributed by atoms with E-state index < -0.39 is 0 Å². The quantitative estimate of drug-likeness (QED) is 0.665. The highest BCUT2D eigenvalue weighted by molar-refractivity contribution is 4.83. The average Bonchev–Trinajstić information content (AvgIpc) is 1.85. The Kier molecular flexibility index (Phi) is 4.80. The number of hydrogen-bond acceptors (Lipinski definition) is 2. The Labute approximate surface area is 76.2 Å². The van der Waals surface area contributed by atoms with Crippen molar-refractivity contribution in [2.45, 2.75) is 46.6 Å². The minimum atomic E-state index is 0.100. The first-order valence-electron chi connectivity index (χ1n) is 4.79. The fourth-order valence-electron chi connectivity index (χ4n) is 1.70. The largest absolute Gasteiger partial charge is 0.396 e. The number of nitrogens with two attached hydrogens (primary N) is 1. The molecule has 0 aromatic carbocycles. The monoisotopic (exact) mass is 173 g/mol. The maximum absolute atomic E-state index is 8.91. The van der Waals surface area contributed by atoms with Crippen LogP contribution in [0.2, 0.25) is 0 Å². The predicted octanol–water partition coefficient (Wildman–Crippen LogP) is 1.77. The van der Waals surface area contributed by atoms with Crippen molar-refractivity contribution >= 4 is 0 Å². The SMILES string of the molecule is CC(C)CC(C)(CCO)C(C)N. The van der Waals surface area contributed by atoms with Gasteiger partial charge in [0.2, 0.25) is 0 Å². The minimum Gasteiger partial charge on any atom is -0.396 e. The minimum absolute atomic E-state index is 0.100. The van der Waals surface area contributed by atoms with Crippen LogP contribution in [0.3, 0.4) is 0 Å². The van der Waals surface area contributed by atoms with E-state index in [0.29, 0.717) is 5.92 Å². The topological polar surface area (TPSA) is 46.2 Å². The number of hydrogen-bond donors (Lipinski definition) is 2. The third-order valence-corrected chi connectivity index (χ3v) is 2.66. The highest BCUT2D eigenvalue weighted by atomic mass is 16.3. The van der Waals surface area contributed by atoms with Crippen LogP contribution in [-0.2, 0) is 0 Å². The van der Waals surface area contributed by atoms with Crippen molar-refractivity contribution in [3.05, 3.63) is 0 Å². The van der Waals surface area contributed by atoms with E-state index in [4.69, 9.17) is 10.8 Å². The fraction of sp³-hybridized carbons (Fsp3) is 1.00. The Morgan fingerprint density at radius 3 is 2.08 bits per heavy atom. The van der Waals surface area contributed by atoms with Crippen molar-refractivity contribution in [2.75, 3.05) is 6.61 Å². The summed E-state index contributed by atoms with van der Waals surface area (Å²) in [5, 5.41) is 8.91. The lowest BCUT2D eigenvalue weighted by Gasteiger charge is -2.34. The van der Waals surface area contributed by atoms with Crippen molar-refractivity contribution in [1.29, 1.82) is 0 Å². The van der Waals surface area contributed by atoms with Gasteiger partial charge in [0.05, 0.1) is 0 Å². The van der Waals surface area contributed by atoms with E-state index >= 15 is 0 Å². The van der Waals surface area contributed by atoms with Gasteiger partial charge in [0.1, 0.15) is 0 Å². The summed E-state index contributed by atoms with van der Waals surface area (Å²) < 4.78 is 0. The normalized spacial score (nSPS) is 19.2. The lowest BCUT2D eigenvalue weighted by Crippen LogP contribution is -2.38. The Bertz CT molecular complexity index is 123. The van der Waals surface area contributed by atoms with Crippen LogP contribution in [0, 0.1) is 11.3 Å². The van der Waals surface area contributed by atoms with E-state index in [1.54, 1.807) is 0 Å². The second-order valence-corrected chi connectivity index (χ2v) is 4.51. The molecule has 2 unspecified atom stereocenters. The van der Waals surface area contributed by atoms with Crippen molar-refractivity contribution in [3.8, 4) is 0 Å². The number of aliphatic hydroxyl groups is 1. The third-order valence-electron chi connectivity index (χ3n) is 2.66. The number of rotatable bonds is 5. The Morgan fingerprint density at radius 2 is 1.83 bits per heavy atom. The second-order valence-electron chi connectivity index (χ2n) is 4.51. The van der Waals surface area contributed by atoms with E-state index in [-0.39, 0.29) is 18.1 Å². The number of aliphatic hydroxyl groups excluding tert-OH is 1. The van der Waals surface area contributed by atoms with Gasteiger partial charge in [-0.3, -0.25) is 0 Å². The molecule has 0 radical (unpaired) electrons. The van der Waals surface area contributed by atoms with E-state index in [1.807, 2.05) is 6.92 Å². The first-order chi connectivity index (χ1) is 5.42. The van der Waals surface area contributed by atoms with Gasteiger partial charge in [0, 0.05) is 12.6 Å². The molecule has 2 nitrogen and oxygen atoms in total. The van der Waals surface area contributed by atoms with Gasteiger partial charge < -0.3 is 10.8 Å². The van der Waals surface area contributed by atoms with Crippen LogP contribution in [0.1, 0.15) is 40.5 Å². The molecule has 0 heterocycles.